The second kappa shape index (κ2) is 10.9. The zero-order chi connectivity index (χ0) is 17.5. The van der Waals surface area contributed by atoms with Crippen molar-refractivity contribution in [1.82, 2.24) is 10.2 Å². The lowest BCUT2D eigenvalue weighted by Crippen LogP contribution is -2.41. The van der Waals surface area contributed by atoms with E-state index in [1.807, 2.05) is 20.9 Å². The Balaban J connectivity index is 0.00000312. The second-order valence-electron chi connectivity index (χ2n) is 6.38. The molecule has 1 aromatic carbocycles. The maximum atomic E-state index is 13.4. The van der Waals surface area contributed by atoms with Crippen LogP contribution in [-0.2, 0) is 4.74 Å². The minimum absolute atomic E-state index is 0. The number of nitrogens with zero attached hydrogens (tertiary/aromatic N) is 2. The first kappa shape index (κ1) is 22.1. The summed E-state index contributed by atoms with van der Waals surface area (Å²) >= 11 is 0. The van der Waals surface area contributed by atoms with Crippen LogP contribution in [0.15, 0.2) is 23.2 Å². The molecule has 1 aliphatic heterocycles. The van der Waals surface area contributed by atoms with E-state index in [1.54, 1.807) is 6.07 Å². The van der Waals surface area contributed by atoms with E-state index in [-0.39, 0.29) is 29.9 Å². The Morgan fingerprint density at radius 3 is 2.76 bits per heavy atom. The Kier molecular flexibility index (Phi) is 9.63. The van der Waals surface area contributed by atoms with E-state index in [4.69, 9.17) is 4.74 Å². The highest BCUT2D eigenvalue weighted by Gasteiger charge is 2.19. The zero-order valence-electron chi connectivity index (χ0n) is 15.1. The van der Waals surface area contributed by atoms with Gasteiger partial charge in [0.15, 0.2) is 17.6 Å². The molecule has 2 rings (SSSR count). The molecular formula is C18H28F2IN3O. The van der Waals surface area contributed by atoms with Gasteiger partial charge in [0.2, 0.25) is 0 Å². The van der Waals surface area contributed by atoms with Crippen LogP contribution in [0, 0.1) is 17.6 Å². The van der Waals surface area contributed by atoms with Crippen LogP contribution >= 0.6 is 24.0 Å². The minimum Gasteiger partial charge on any atom is -0.381 e. The molecule has 142 valence electrons. The normalized spacial score (nSPS) is 18.6. The molecule has 1 aliphatic rings. The highest BCUT2D eigenvalue weighted by atomic mass is 127. The third-order valence-corrected chi connectivity index (χ3v) is 4.28. The number of nitrogens with one attached hydrogen (secondary N) is 1. The quantitative estimate of drug-likeness (QED) is 0.395. The molecule has 1 aromatic rings. The van der Waals surface area contributed by atoms with E-state index in [0.29, 0.717) is 12.5 Å². The first-order valence-corrected chi connectivity index (χ1v) is 8.53. The van der Waals surface area contributed by atoms with Crippen LogP contribution in [0.4, 0.5) is 8.78 Å². The predicted octanol–water partition coefficient (Wildman–Crippen LogP) is 3.62. The summed E-state index contributed by atoms with van der Waals surface area (Å²) in [5.41, 5.74) is 0.750. The molecule has 0 saturated carbocycles. The fourth-order valence-electron chi connectivity index (χ4n) is 2.82. The summed E-state index contributed by atoms with van der Waals surface area (Å²) in [6.45, 7) is 7.81. The van der Waals surface area contributed by atoms with Gasteiger partial charge < -0.3 is 15.0 Å². The molecule has 0 aromatic heterocycles. The summed E-state index contributed by atoms with van der Waals surface area (Å²) in [7, 11) is 2.02. The van der Waals surface area contributed by atoms with Gasteiger partial charge in [0, 0.05) is 45.1 Å². The van der Waals surface area contributed by atoms with Gasteiger partial charge >= 0.3 is 0 Å². The number of hydrogen-bond donors (Lipinski definition) is 1. The Morgan fingerprint density at radius 1 is 1.40 bits per heavy atom. The van der Waals surface area contributed by atoms with Gasteiger partial charge in [-0.05, 0) is 31.0 Å². The predicted molar refractivity (Wildman–Crippen MR) is 108 cm³/mol. The number of aliphatic imine (C=N–C) groups is 1. The molecule has 1 heterocycles. The lowest BCUT2D eigenvalue weighted by atomic mass is 10.0. The summed E-state index contributed by atoms with van der Waals surface area (Å²) < 4.78 is 31.8. The van der Waals surface area contributed by atoms with Gasteiger partial charge in [-0.3, -0.25) is 4.99 Å². The van der Waals surface area contributed by atoms with Crippen LogP contribution in [0.1, 0.15) is 31.7 Å². The molecule has 0 amide bonds. The minimum atomic E-state index is -0.818. The molecule has 4 nitrogen and oxygen atoms in total. The highest BCUT2D eigenvalue weighted by molar-refractivity contribution is 14.0. The van der Waals surface area contributed by atoms with Gasteiger partial charge in [0.25, 0.3) is 0 Å². The van der Waals surface area contributed by atoms with Crippen molar-refractivity contribution in [2.45, 2.75) is 26.2 Å². The van der Waals surface area contributed by atoms with Crippen molar-refractivity contribution >= 4 is 29.9 Å². The molecule has 0 radical (unpaired) electrons. The maximum absolute atomic E-state index is 13.4. The van der Waals surface area contributed by atoms with Gasteiger partial charge in [-0.15, -0.1) is 24.0 Å². The van der Waals surface area contributed by atoms with E-state index >= 15 is 0 Å². The summed E-state index contributed by atoms with van der Waals surface area (Å²) in [6.07, 6.45) is 1.08. The van der Waals surface area contributed by atoms with Crippen LogP contribution in [0.2, 0.25) is 0 Å². The SMILES string of the molecule is CCNC(=NCC(C)c1ccc(F)c(F)c1)N(C)CC1CCOC1.I. The third kappa shape index (κ3) is 6.69. The Hall–Kier alpha value is -0.960. The van der Waals surface area contributed by atoms with Crippen molar-refractivity contribution in [3.63, 3.8) is 0 Å². The van der Waals surface area contributed by atoms with Crippen LogP contribution < -0.4 is 5.32 Å². The number of hydrogen-bond acceptors (Lipinski definition) is 2. The molecule has 0 aliphatic carbocycles. The fraction of sp³-hybridized carbons (Fsp3) is 0.611. The average molecular weight is 467 g/mol. The van der Waals surface area contributed by atoms with Gasteiger partial charge in [0.1, 0.15) is 0 Å². The third-order valence-electron chi connectivity index (χ3n) is 4.28. The number of guanidine groups is 1. The van der Waals surface area contributed by atoms with Gasteiger partial charge in [-0.2, -0.15) is 0 Å². The molecule has 1 fully saturated rings. The van der Waals surface area contributed by atoms with E-state index < -0.39 is 11.6 Å². The summed E-state index contributed by atoms with van der Waals surface area (Å²) in [4.78, 5) is 6.77. The van der Waals surface area contributed by atoms with E-state index in [2.05, 4.69) is 15.2 Å². The van der Waals surface area contributed by atoms with E-state index in [1.165, 1.54) is 12.1 Å². The van der Waals surface area contributed by atoms with Crippen LogP contribution in [0.25, 0.3) is 0 Å². The maximum Gasteiger partial charge on any atom is 0.193 e. The van der Waals surface area contributed by atoms with Gasteiger partial charge in [-0.1, -0.05) is 13.0 Å². The first-order valence-electron chi connectivity index (χ1n) is 8.53. The van der Waals surface area contributed by atoms with Gasteiger partial charge in [0.05, 0.1) is 6.61 Å². The lowest BCUT2D eigenvalue weighted by Gasteiger charge is -2.25. The Labute approximate surface area is 166 Å². The molecule has 7 heteroatoms. The van der Waals surface area contributed by atoms with E-state index in [9.17, 15) is 8.78 Å². The molecule has 1 N–H and O–H groups in total. The smallest absolute Gasteiger partial charge is 0.193 e. The number of halogens is 3. The lowest BCUT2D eigenvalue weighted by molar-refractivity contribution is 0.181. The summed E-state index contributed by atoms with van der Waals surface area (Å²) in [5, 5.41) is 3.28. The fourth-order valence-corrected chi connectivity index (χ4v) is 2.82. The monoisotopic (exact) mass is 467 g/mol. The summed E-state index contributed by atoms with van der Waals surface area (Å²) in [6, 6.07) is 4.04. The van der Waals surface area contributed by atoms with Crippen molar-refractivity contribution in [3.8, 4) is 0 Å². The molecule has 0 bridgehead atoms. The van der Waals surface area contributed by atoms with Crippen molar-refractivity contribution in [2.24, 2.45) is 10.9 Å². The van der Waals surface area contributed by atoms with Crippen molar-refractivity contribution in [3.05, 3.63) is 35.4 Å². The molecule has 2 atom stereocenters. The highest BCUT2D eigenvalue weighted by Crippen LogP contribution is 2.19. The van der Waals surface area contributed by atoms with Crippen LogP contribution in [-0.4, -0.2) is 50.8 Å². The topological polar surface area (TPSA) is 36.9 Å². The van der Waals surface area contributed by atoms with Crippen LogP contribution in [0.5, 0.6) is 0 Å². The number of ether oxygens (including phenoxy) is 1. The molecular weight excluding hydrogens is 439 g/mol. The molecule has 1 saturated heterocycles. The van der Waals surface area contributed by atoms with Crippen molar-refractivity contribution < 1.29 is 13.5 Å². The number of benzene rings is 1. The van der Waals surface area contributed by atoms with Crippen molar-refractivity contribution in [1.29, 1.82) is 0 Å². The first-order chi connectivity index (χ1) is 11.5. The standard InChI is InChI=1S/C18H27F2N3O.HI/c1-4-21-18(23(3)11-14-7-8-24-12-14)22-10-13(2)15-5-6-16(19)17(20)9-15;/h5-6,9,13-14H,4,7-8,10-12H2,1-3H3,(H,21,22);1H. The average Bonchev–Trinajstić information content (AvgIpc) is 3.06. The van der Waals surface area contributed by atoms with E-state index in [0.717, 1.165) is 44.2 Å². The molecule has 2 unspecified atom stereocenters. The van der Waals surface area contributed by atoms with Crippen molar-refractivity contribution in [2.75, 3.05) is 39.9 Å². The Bertz CT molecular complexity index is 565. The zero-order valence-corrected chi connectivity index (χ0v) is 17.4. The largest absolute Gasteiger partial charge is 0.381 e. The summed E-state index contributed by atoms with van der Waals surface area (Å²) in [5.74, 6) is -0.256. The second-order valence-corrected chi connectivity index (χ2v) is 6.38. The molecule has 0 spiro atoms. The van der Waals surface area contributed by atoms with Crippen LogP contribution in [0.3, 0.4) is 0 Å². The Morgan fingerprint density at radius 2 is 2.16 bits per heavy atom. The molecule has 25 heavy (non-hydrogen) atoms. The number of rotatable bonds is 6. The van der Waals surface area contributed by atoms with Gasteiger partial charge in [-0.25, -0.2) is 8.78 Å².